The summed E-state index contributed by atoms with van der Waals surface area (Å²) in [4.78, 5) is 2.31. The zero-order chi connectivity index (χ0) is 8.72. The van der Waals surface area contributed by atoms with Crippen LogP contribution >= 0.6 is 0 Å². The summed E-state index contributed by atoms with van der Waals surface area (Å²) in [6, 6.07) is 4.06. The highest BCUT2D eigenvalue weighted by molar-refractivity contribution is 5.82. The first-order valence-corrected chi connectivity index (χ1v) is 3.35. The molecule has 0 radical (unpaired) electrons. The van der Waals surface area contributed by atoms with Gasteiger partial charge >= 0.3 is 0 Å². The molecule has 0 saturated heterocycles. The summed E-state index contributed by atoms with van der Waals surface area (Å²) in [7, 11) is 0. The average molecular weight is 169 g/mol. The second-order valence-corrected chi connectivity index (χ2v) is 2.45. The Morgan fingerprint density at radius 1 is 1.25 bits per heavy atom. The summed E-state index contributed by atoms with van der Waals surface area (Å²) >= 11 is 0. The molecule has 1 aromatic carbocycles. The number of fused-ring (bicyclic) bond motifs is 1. The van der Waals surface area contributed by atoms with E-state index < -0.39 is 17.5 Å². The van der Waals surface area contributed by atoms with E-state index >= 15 is 0 Å². The maximum atomic E-state index is 12.9. The van der Waals surface area contributed by atoms with Crippen molar-refractivity contribution in [1.82, 2.24) is 4.98 Å². The van der Waals surface area contributed by atoms with Crippen molar-refractivity contribution < 1.29 is 13.9 Å². The van der Waals surface area contributed by atoms with Crippen molar-refractivity contribution in [2.45, 2.75) is 0 Å². The molecule has 0 fully saturated rings. The number of hydrogen-bond acceptors (Lipinski definition) is 1. The van der Waals surface area contributed by atoms with Crippen LogP contribution in [-0.4, -0.2) is 10.1 Å². The number of H-pyrrole nitrogens is 1. The maximum absolute atomic E-state index is 12.9. The SMILES string of the molecule is Oc1[nH]c2cccc(F)c2c1F. The average Bonchev–Trinajstić information content (AvgIpc) is 2.29. The number of nitrogens with one attached hydrogen (secondary N) is 1. The van der Waals surface area contributed by atoms with Crippen LogP contribution in [0.4, 0.5) is 8.78 Å². The Bertz CT molecular complexity index is 436. The van der Waals surface area contributed by atoms with Gasteiger partial charge in [-0.3, -0.25) is 0 Å². The van der Waals surface area contributed by atoms with E-state index in [1.807, 2.05) is 0 Å². The lowest BCUT2D eigenvalue weighted by molar-refractivity contribution is 0.420. The Labute approximate surface area is 66.4 Å². The van der Waals surface area contributed by atoms with Gasteiger partial charge < -0.3 is 10.1 Å². The van der Waals surface area contributed by atoms with E-state index in [-0.39, 0.29) is 10.9 Å². The van der Waals surface area contributed by atoms with E-state index in [4.69, 9.17) is 5.11 Å². The van der Waals surface area contributed by atoms with Gasteiger partial charge in [0, 0.05) is 0 Å². The second-order valence-electron chi connectivity index (χ2n) is 2.45. The van der Waals surface area contributed by atoms with Gasteiger partial charge in [0.05, 0.1) is 10.9 Å². The van der Waals surface area contributed by atoms with Gasteiger partial charge in [0.2, 0.25) is 5.88 Å². The number of benzene rings is 1. The highest BCUT2D eigenvalue weighted by atomic mass is 19.1. The van der Waals surface area contributed by atoms with Gasteiger partial charge in [-0.25, -0.2) is 8.78 Å². The van der Waals surface area contributed by atoms with Crippen LogP contribution in [0.5, 0.6) is 5.88 Å². The quantitative estimate of drug-likeness (QED) is 0.622. The normalized spacial score (nSPS) is 10.8. The van der Waals surface area contributed by atoms with Crippen LogP contribution in [0.15, 0.2) is 18.2 Å². The standard InChI is InChI=1S/C8H5F2NO/c9-4-2-1-3-5-6(4)7(10)8(12)11-5/h1-3,11-12H. The van der Waals surface area contributed by atoms with Crippen molar-refractivity contribution in [3.8, 4) is 5.88 Å². The van der Waals surface area contributed by atoms with Crippen LogP contribution in [-0.2, 0) is 0 Å². The molecule has 0 atom stereocenters. The van der Waals surface area contributed by atoms with Crippen molar-refractivity contribution in [2.24, 2.45) is 0 Å². The fraction of sp³-hybridized carbons (Fsp3) is 0. The maximum Gasteiger partial charge on any atom is 0.226 e. The van der Waals surface area contributed by atoms with Gasteiger partial charge in [-0.2, -0.15) is 0 Å². The topological polar surface area (TPSA) is 36.0 Å². The molecule has 4 heteroatoms. The second kappa shape index (κ2) is 2.20. The van der Waals surface area contributed by atoms with Crippen molar-refractivity contribution in [1.29, 1.82) is 0 Å². The van der Waals surface area contributed by atoms with Crippen LogP contribution in [0.2, 0.25) is 0 Å². The third-order valence-electron chi connectivity index (χ3n) is 1.69. The summed E-state index contributed by atoms with van der Waals surface area (Å²) in [6.07, 6.45) is 0. The van der Waals surface area contributed by atoms with Crippen LogP contribution < -0.4 is 0 Å². The lowest BCUT2D eigenvalue weighted by atomic mass is 10.2. The molecule has 0 spiro atoms. The zero-order valence-electron chi connectivity index (χ0n) is 5.94. The molecule has 0 amide bonds. The highest BCUT2D eigenvalue weighted by Crippen LogP contribution is 2.26. The van der Waals surface area contributed by atoms with Crippen LogP contribution in [0, 0.1) is 11.6 Å². The van der Waals surface area contributed by atoms with Crippen molar-refractivity contribution >= 4 is 10.9 Å². The monoisotopic (exact) mass is 169 g/mol. The predicted octanol–water partition coefficient (Wildman–Crippen LogP) is 2.15. The summed E-state index contributed by atoms with van der Waals surface area (Å²) in [5, 5.41) is 8.67. The first-order valence-electron chi connectivity index (χ1n) is 3.35. The van der Waals surface area contributed by atoms with E-state index in [0.717, 1.165) is 6.07 Å². The molecule has 0 aliphatic carbocycles. The zero-order valence-corrected chi connectivity index (χ0v) is 5.94. The molecule has 2 N–H and O–H groups in total. The number of rotatable bonds is 0. The number of halogens is 2. The summed E-state index contributed by atoms with van der Waals surface area (Å²) in [5.41, 5.74) is 0.255. The minimum Gasteiger partial charge on any atom is -0.492 e. The lowest BCUT2D eigenvalue weighted by Gasteiger charge is -1.89. The van der Waals surface area contributed by atoms with Gasteiger partial charge in [-0.15, -0.1) is 0 Å². The molecular weight excluding hydrogens is 164 g/mol. The van der Waals surface area contributed by atoms with E-state index in [0.29, 0.717) is 0 Å². The van der Waals surface area contributed by atoms with Crippen LogP contribution in [0.1, 0.15) is 0 Å². The first kappa shape index (κ1) is 7.09. The molecule has 0 unspecified atom stereocenters. The van der Waals surface area contributed by atoms with Gasteiger partial charge in [-0.05, 0) is 12.1 Å². The van der Waals surface area contributed by atoms with Crippen molar-refractivity contribution in [3.63, 3.8) is 0 Å². The predicted molar refractivity (Wildman–Crippen MR) is 39.9 cm³/mol. The molecule has 2 nitrogen and oxygen atoms in total. The van der Waals surface area contributed by atoms with Crippen LogP contribution in [0.3, 0.4) is 0 Å². The Kier molecular flexibility index (Phi) is 1.30. The number of aromatic amines is 1. The molecule has 1 aromatic heterocycles. The molecule has 12 heavy (non-hydrogen) atoms. The van der Waals surface area contributed by atoms with Gasteiger partial charge in [0.25, 0.3) is 0 Å². The molecule has 0 saturated carbocycles. The molecule has 2 aromatic rings. The lowest BCUT2D eigenvalue weighted by Crippen LogP contribution is -1.76. The highest BCUT2D eigenvalue weighted by Gasteiger charge is 2.12. The fourth-order valence-corrected chi connectivity index (χ4v) is 1.15. The minimum atomic E-state index is -0.942. The van der Waals surface area contributed by atoms with Gasteiger partial charge in [0.1, 0.15) is 5.82 Å². The first-order chi connectivity index (χ1) is 5.70. The summed E-state index contributed by atoms with van der Waals surface area (Å²) in [6.45, 7) is 0. The summed E-state index contributed by atoms with van der Waals surface area (Å²) < 4.78 is 25.8. The minimum absolute atomic E-state index is 0.199. The number of aromatic hydroxyl groups is 1. The molecular formula is C8H5F2NO. The Morgan fingerprint density at radius 2 is 2.00 bits per heavy atom. The number of hydrogen-bond donors (Lipinski definition) is 2. The van der Waals surface area contributed by atoms with E-state index in [1.165, 1.54) is 12.1 Å². The summed E-state index contributed by atoms with van der Waals surface area (Å²) in [5.74, 6) is -2.25. The Balaban J connectivity index is 2.97. The van der Waals surface area contributed by atoms with Crippen molar-refractivity contribution in [2.75, 3.05) is 0 Å². The third kappa shape index (κ3) is 0.777. The molecule has 0 aliphatic heterocycles. The molecule has 2 rings (SSSR count). The largest absolute Gasteiger partial charge is 0.492 e. The van der Waals surface area contributed by atoms with Gasteiger partial charge in [-0.1, -0.05) is 6.07 Å². The third-order valence-corrected chi connectivity index (χ3v) is 1.69. The van der Waals surface area contributed by atoms with E-state index in [9.17, 15) is 8.78 Å². The fourth-order valence-electron chi connectivity index (χ4n) is 1.15. The smallest absolute Gasteiger partial charge is 0.226 e. The van der Waals surface area contributed by atoms with E-state index in [1.54, 1.807) is 0 Å². The Morgan fingerprint density at radius 3 is 2.67 bits per heavy atom. The Hall–Kier alpha value is -1.58. The number of aromatic nitrogens is 1. The molecule has 0 aliphatic rings. The van der Waals surface area contributed by atoms with E-state index in [2.05, 4.69) is 4.98 Å². The molecule has 62 valence electrons. The molecule has 0 bridgehead atoms. The van der Waals surface area contributed by atoms with Crippen LogP contribution in [0.25, 0.3) is 10.9 Å². The van der Waals surface area contributed by atoms with Crippen molar-refractivity contribution in [3.05, 3.63) is 29.8 Å². The van der Waals surface area contributed by atoms with Gasteiger partial charge in [0.15, 0.2) is 5.82 Å². The molecule has 1 heterocycles.